The molecule has 46 heavy (non-hydrogen) atoms. The molecular weight excluding hydrogens is 556 g/mol. The predicted molar refractivity (Wildman–Crippen MR) is 198 cm³/mol. The van der Waals surface area contributed by atoms with Crippen LogP contribution in [0.25, 0.3) is 76.4 Å². The quantitative estimate of drug-likeness (QED) is 0.186. The fourth-order valence-electron chi connectivity index (χ4n) is 6.87. The summed E-state index contributed by atoms with van der Waals surface area (Å²) in [6.07, 6.45) is 0. The van der Waals surface area contributed by atoms with E-state index in [-0.39, 0.29) is 10.8 Å². The number of fused-ring (bicyclic) bond motifs is 9. The molecule has 0 spiro atoms. The average Bonchev–Trinajstić information content (AvgIpc) is 3.06. The van der Waals surface area contributed by atoms with Crippen LogP contribution in [0.15, 0.2) is 121 Å². The van der Waals surface area contributed by atoms with Gasteiger partial charge in [0.15, 0.2) is 0 Å². The summed E-state index contributed by atoms with van der Waals surface area (Å²) in [4.78, 5) is 10.5. The van der Waals surface area contributed by atoms with Gasteiger partial charge in [-0.25, -0.2) is 9.97 Å². The Labute approximate surface area is 270 Å². The molecule has 0 saturated heterocycles. The Balaban J connectivity index is 1.35. The van der Waals surface area contributed by atoms with Gasteiger partial charge in [0, 0.05) is 33.0 Å². The van der Waals surface area contributed by atoms with Gasteiger partial charge in [-0.3, -0.25) is 0 Å². The fraction of sp³-hybridized carbons (Fsp3) is 0.182. The zero-order valence-electron chi connectivity index (χ0n) is 27.4. The molecule has 6 aromatic carbocycles. The summed E-state index contributed by atoms with van der Waals surface area (Å²) >= 11 is 0. The van der Waals surface area contributed by atoms with Crippen molar-refractivity contribution < 1.29 is 0 Å². The van der Waals surface area contributed by atoms with Crippen LogP contribution in [-0.4, -0.2) is 9.97 Å². The lowest BCUT2D eigenvalue weighted by Crippen LogP contribution is -2.15. The largest absolute Gasteiger partial charge is 0.250 e. The van der Waals surface area contributed by atoms with E-state index in [1.54, 1.807) is 0 Å². The van der Waals surface area contributed by atoms with Crippen molar-refractivity contribution in [2.75, 3.05) is 0 Å². The van der Waals surface area contributed by atoms with Crippen molar-refractivity contribution in [3.8, 4) is 22.3 Å². The van der Waals surface area contributed by atoms with Gasteiger partial charge in [0.2, 0.25) is 0 Å². The van der Waals surface area contributed by atoms with Crippen molar-refractivity contribution in [1.29, 1.82) is 0 Å². The van der Waals surface area contributed by atoms with Gasteiger partial charge in [-0.1, -0.05) is 139 Å². The second-order valence-electron chi connectivity index (χ2n) is 14.7. The maximum atomic E-state index is 5.29. The number of aromatic nitrogens is 2. The molecule has 8 rings (SSSR count). The standard InChI is InChI=1S/C44H38N2/c1-43(2,3)39-23-20-27-18-22-36-37(26-40(44(4,5)6)46-42(36)41(27)45-39)30-13-11-12-28(24-30)29-19-21-35-33-16-8-7-14-31(33)32-15-9-10-17-34(32)38(35)25-29/h7-26H,1-6H3. The molecule has 0 bridgehead atoms. The topological polar surface area (TPSA) is 25.8 Å². The Bertz CT molecular complexity index is 2450. The minimum absolute atomic E-state index is 0.0490. The third-order valence-corrected chi connectivity index (χ3v) is 9.43. The molecule has 0 unspecified atom stereocenters. The van der Waals surface area contributed by atoms with Crippen LogP contribution in [-0.2, 0) is 10.8 Å². The molecule has 0 aliphatic rings. The first kappa shape index (κ1) is 28.4. The smallest absolute Gasteiger partial charge is 0.0974 e. The van der Waals surface area contributed by atoms with Crippen molar-refractivity contribution >= 4 is 54.1 Å². The minimum Gasteiger partial charge on any atom is -0.250 e. The van der Waals surface area contributed by atoms with E-state index in [9.17, 15) is 0 Å². The van der Waals surface area contributed by atoms with E-state index in [1.807, 2.05) is 0 Å². The first-order valence-corrected chi connectivity index (χ1v) is 16.3. The summed E-state index contributed by atoms with van der Waals surface area (Å²) in [6.45, 7) is 13.4. The summed E-state index contributed by atoms with van der Waals surface area (Å²) < 4.78 is 0. The van der Waals surface area contributed by atoms with Crippen LogP contribution in [0.1, 0.15) is 52.9 Å². The number of rotatable bonds is 2. The highest BCUT2D eigenvalue weighted by molar-refractivity contribution is 6.25. The van der Waals surface area contributed by atoms with Crippen molar-refractivity contribution in [3.05, 3.63) is 133 Å². The lowest BCUT2D eigenvalue weighted by molar-refractivity contribution is 0.570. The van der Waals surface area contributed by atoms with Crippen LogP contribution >= 0.6 is 0 Å². The summed E-state index contributed by atoms with van der Waals surface area (Å²) in [7, 11) is 0. The van der Waals surface area contributed by atoms with E-state index in [4.69, 9.17) is 9.97 Å². The van der Waals surface area contributed by atoms with Gasteiger partial charge in [-0.15, -0.1) is 0 Å². The molecular formula is C44H38N2. The molecule has 2 nitrogen and oxygen atoms in total. The summed E-state index contributed by atoms with van der Waals surface area (Å²) in [5.74, 6) is 0. The van der Waals surface area contributed by atoms with E-state index in [1.165, 1.54) is 54.6 Å². The van der Waals surface area contributed by atoms with Crippen LogP contribution in [0.5, 0.6) is 0 Å². The molecule has 0 amide bonds. The molecule has 2 heteroatoms. The molecule has 2 aromatic heterocycles. The van der Waals surface area contributed by atoms with Gasteiger partial charge in [-0.2, -0.15) is 0 Å². The molecule has 0 aliphatic carbocycles. The Morgan fingerprint density at radius 1 is 0.370 bits per heavy atom. The van der Waals surface area contributed by atoms with Crippen molar-refractivity contribution in [2.24, 2.45) is 0 Å². The molecule has 0 saturated carbocycles. The molecule has 2 heterocycles. The molecule has 0 N–H and O–H groups in total. The summed E-state index contributed by atoms with van der Waals surface area (Å²) in [5, 5.41) is 10.0. The van der Waals surface area contributed by atoms with E-state index < -0.39 is 0 Å². The van der Waals surface area contributed by atoms with Crippen molar-refractivity contribution in [2.45, 2.75) is 52.4 Å². The van der Waals surface area contributed by atoms with Crippen LogP contribution in [0, 0.1) is 0 Å². The molecule has 0 fully saturated rings. The SMILES string of the molecule is CC(C)(C)c1ccc2ccc3c(-c4cccc(-c5ccc6c7ccccc7c7ccccc7c6c5)c4)cc(C(C)(C)C)nc3c2n1. The maximum absolute atomic E-state index is 5.29. The van der Waals surface area contributed by atoms with Crippen LogP contribution in [0.4, 0.5) is 0 Å². The van der Waals surface area contributed by atoms with E-state index >= 15 is 0 Å². The highest BCUT2D eigenvalue weighted by atomic mass is 14.8. The first-order chi connectivity index (χ1) is 22.1. The number of nitrogens with zero attached hydrogens (tertiary/aromatic N) is 2. The Hall–Kier alpha value is -5.08. The van der Waals surface area contributed by atoms with Gasteiger partial charge in [0.1, 0.15) is 0 Å². The third kappa shape index (κ3) is 4.63. The summed E-state index contributed by atoms with van der Waals surface area (Å²) in [5.41, 5.74) is 8.72. The van der Waals surface area contributed by atoms with Crippen molar-refractivity contribution in [3.63, 3.8) is 0 Å². The molecule has 0 aliphatic heterocycles. The van der Waals surface area contributed by atoms with E-state index in [0.29, 0.717) is 0 Å². The molecule has 0 atom stereocenters. The van der Waals surface area contributed by atoms with E-state index in [2.05, 4.69) is 163 Å². The van der Waals surface area contributed by atoms with Crippen LogP contribution in [0.2, 0.25) is 0 Å². The highest BCUT2D eigenvalue weighted by Crippen LogP contribution is 2.40. The van der Waals surface area contributed by atoms with Gasteiger partial charge in [-0.05, 0) is 78.8 Å². The van der Waals surface area contributed by atoms with Crippen LogP contribution in [0.3, 0.4) is 0 Å². The highest BCUT2D eigenvalue weighted by Gasteiger charge is 2.22. The van der Waals surface area contributed by atoms with Crippen molar-refractivity contribution in [1.82, 2.24) is 9.97 Å². The van der Waals surface area contributed by atoms with Gasteiger partial charge in [0.25, 0.3) is 0 Å². The number of hydrogen-bond acceptors (Lipinski definition) is 2. The Morgan fingerprint density at radius 3 is 1.54 bits per heavy atom. The third-order valence-electron chi connectivity index (χ3n) is 9.43. The second-order valence-corrected chi connectivity index (χ2v) is 14.7. The Morgan fingerprint density at radius 2 is 0.891 bits per heavy atom. The zero-order valence-corrected chi connectivity index (χ0v) is 27.4. The second kappa shape index (κ2) is 10.2. The Kier molecular flexibility index (Phi) is 6.31. The van der Waals surface area contributed by atoms with E-state index in [0.717, 1.165) is 33.2 Å². The summed E-state index contributed by atoms with van der Waals surface area (Å²) in [6, 6.07) is 44.6. The van der Waals surface area contributed by atoms with Gasteiger partial charge >= 0.3 is 0 Å². The molecule has 224 valence electrons. The lowest BCUT2D eigenvalue weighted by Gasteiger charge is -2.22. The average molecular weight is 595 g/mol. The fourth-order valence-corrected chi connectivity index (χ4v) is 6.87. The number of benzene rings is 6. The predicted octanol–water partition coefficient (Wildman–Crippen LogP) is 12.2. The molecule has 0 radical (unpaired) electrons. The monoisotopic (exact) mass is 594 g/mol. The van der Waals surface area contributed by atoms with Gasteiger partial charge < -0.3 is 0 Å². The minimum atomic E-state index is -0.119. The maximum Gasteiger partial charge on any atom is 0.0974 e. The normalized spacial score (nSPS) is 12.6. The number of hydrogen-bond donors (Lipinski definition) is 0. The number of pyridine rings is 2. The first-order valence-electron chi connectivity index (χ1n) is 16.3. The molecule has 8 aromatic rings. The lowest BCUT2D eigenvalue weighted by atomic mass is 9.87. The zero-order chi connectivity index (χ0) is 31.8. The van der Waals surface area contributed by atoms with Crippen LogP contribution < -0.4 is 0 Å². The van der Waals surface area contributed by atoms with Gasteiger partial charge in [0.05, 0.1) is 11.0 Å².